The molecule has 2 heterocycles. The van der Waals surface area contributed by atoms with E-state index in [1.54, 1.807) is 19.1 Å². The van der Waals surface area contributed by atoms with Crippen LogP contribution in [0.1, 0.15) is 45.8 Å². The first-order valence-corrected chi connectivity index (χ1v) is 8.78. The van der Waals surface area contributed by atoms with Crippen LogP contribution in [0.5, 0.6) is 11.6 Å². The highest BCUT2D eigenvalue weighted by atomic mass is 16.5. The maximum Gasteiger partial charge on any atom is 0.264 e. The summed E-state index contributed by atoms with van der Waals surface area (Å²) >= 11 is 0. The van der Waals surface area contributed by atoms with Crippen molar-refractivity contribution in [1.29, 1.82) is 5.26 Å². The van der Waals surface area contributed by atoms with E-state index in [9.17, 15) is 19.6 Å². The number of rotatable bonds is 6. The van der Waals surface area contributed by atoms with Crippen LogP contribution in [0.3, 0.4) is 0 Å². The SMILES string of the molecule is CCOc1nc(CN2C(=O)c3cc(C#N)cc(NC(C)=O)c3C2=O)ccc1OC. The number of nitriles is 1. The van der Waals surface area contributed by atoms with E-state index in [1.807, 2.05) is 6.07 Å². The van der Waals surface area contributed by atoms with E-state index in [4.69, 9.17) is 9.47 Å². The van der Waals surface area contributed by atoms with Crippen LogP contribution in [-0.2, 0) is 11.3 Å². The van der Waals surface area contributed by atoms with Gasteiger partial charge in [-0.05, 0) is 31.2 Å². The molecule has 9 heteroatoms. The van der Waals surface area contributed by atoms with E-state index < -0.39 is 17.7 Å². The molecule has 1 aliphatic heterocycles. The number of ether oxygens (including phenoxy) is 2. The number of methoxy groups -OCH3 is 1. The van der Waals surface area contributed by atoms with Crippen molar-refractivity contribution in [3.05, 3.63) is 46.6 Å². The summed E-state index contributed by atoms with van der Waals surface area (Å²) in [4.78, 5) is 42.6. The minimum atomic E-state index is -0.575. The highest BCUT2D eigenvalue weighted by Gasteiger charge is 2.38. The lowest BCUT2D eigenvalue weighted by molar-refractivity contribution is -0.114. The van der Waals surface area contributed by atoms with Gasteiger partial charge in [-0.25, -0.2) is 4.98 Å². The third kappa shape index (κ3) is 3.73. The van der Waals surface area contributed by atoms with Crippen LogP contribution in [0.25, 0.3) is 0 Å². The van der Waals surface area contributed by atoms with Crippen LogP contribution in [0.4, 0.5) is 5.69 Å². The lowest BCUT2D eigenvalue weighted by Gasteiger charge is -2.15. The summed E-state index contributed by atoms with van der Waals surface area (Å²) in [5.41, 5.74) is 0.839. The minimum Gasteiger partial charge on any atom is -0.491 e. The molecule has 3 rings (SSSR count). The van der Waals surface area contributed by atoms with Gasteiger partial charge in [-0.2, -0.15) is 5.26 Å². The second-order valence-electron chi connectivity index (χ2n) is 6.18. The Labute approximate surface area is 166 Å². The molecule has 0 atom stereocenters. The van der Waals surface area contributed by atoms with Gasteiger partial charge >= 0.3 is 0 Å². The van der Waals surface area contributed by atoms with Gasteiger partial charge in [0.15, 0.2) is 5.75 Å². The first kappa shape index (κ1) is 19.8. The minimum absolute atomic E-state index is 0.0581. The van der Waals surface area contributed by atoms with Gasteiger partial charge in [0.2, 0.25) is 5.91 Å². The monoisotopic (exact) mass is 394 g/mol. The van der Waals surface area contributed by atoms with E-state index in [0.29, 0.717) is 18.1 Å². The Kier molecular flexibility index (Phi) is 5.45. The maximum absolute atomic E-state index is 12.9. The van der Waals surface area contributed by atoms with Crippen LogP contribution < -0.4 is 14.8 Å². The van der Waals surface area contributed by atoms with E-state index in [0.717, 1.165) is 4.90 Å². The van der Waals surface area contributed by atoms with E-state index >= 15 is 0 Å². The smallest absolute Gasteiger partial charge is 0.264 e. The number of amides is 3. The van der Waals surface area contributed by atoms with Crippen LogP contribution >= 0.6 is 0 Å². The molecule has 148 valence electrons. The summed E-state index contributed by atoms with van der Waals surface area (Å²) in [6.07, 6.45) is 0. The molecule has 0 spiro atoms. The molecule has 2 aromatic rings. The predicted octanol–water partition coefficient (Wildman–Crippen LogP) is 2.12. The molecule has 0 saturated carbocycles. The number of hydrogen-bond acceptors (Lipinski definition) is 7. The Morgan fingerprint density at radius 2 is 2.03 bits per heavy atom. The number of carbonyl (C=O) groups is 3. The van der Waals surface area contributed by atoms with E-state index in [-0.39, 0.29) is 34.8 Å². The van der Waals surface area contributed by atoms with Crippen molar-refractivity contribution in [3.8, 4) is 17.7 Å². The number of hydrogen-bond donors (Lipinski definition) is 1. The van der Waals surface area contributed by atoms with Crippen molar-refractivity contribution in [2.75, 3.05) is 19.0 Å². The number of carbonyl (C=O) groups excluding carboxylic acids is 3. The van der Waals surface area contributed by atoms with Gasteiger partial charge in [0, 0.05) is 6.92 Å². The summed E-state index contributed by atoms with van der Waals surface area (Å²) < 4.78 is 10.6. The van der Waals surface area contributed by atoms with Gasteiger partial charge in [0.05, 0.1) is 54.4 Å². The van der Waals surface area contributed by atoms with Gasteiger partial charge in [-0.15, -0.1) is 0 Å². The molecule has 0 fully saturated rings. The fourth-order valence-electron chi connectivity index (χ4n) is 3.02. The van der Waals surface area contributed by atoms with Gasteiger partial charge < -0.3 is 14.8 Å². The lowest BCUT2D eigenvalue weighted by Crippen LogP contribution is -2.29. The highest BCUT2D eigenvalue weighted by Crippen LogP contribution is 2.32. The van der Waals surface area contributed by atoms with Crippen molar-refractivity contribution in [3.63, 3.8) is 0 Å². The van der Waals surface area contributed by atoms with Crippen molar-refractivity contribution in [1.82, 2.24) is 9.88 Å². The van der Waals surface area contributed by atoms with Crippen molar-refractivity contribution >= 4 is 23.4 Å². The Morgan fingerprint density at radius 1 is 1.28 bits per heavy atom. The first-order valence-electron chi connectivity index (χ1n) is 8.78. The summed E-state index contributed by atoms with van der Waals surface area (Å²) in [5.74, 6) is -0.864. The number of aromatic nitrogens is 1. The molecule has 0 saturated heterocycles. The van der Waals surface area contributed by atoms with Crippen molar-refractivity contribution in [2.24, 2.45) is 0 Å². The summed E-state index contributed by atoms with van der Waals surface area (Å²) in [6.45, 7) is 3.35. The van der Waals surface area contributed by atoms with Gasteiger partial charge in [0.25, 0.3) is 17.7 Å². The molecule has 1 aliphatic rings. The molecule has 1 N–H and O–H groups in total. The number of nitrogens with zero attached hydrogens (tertiary/aromatic N) is 3. The number of pyridine rings is 1. The molecule has 9 nitrogen and oxygen atoms in total. The van der Waals surface area contributed by atoms with Crippen molar-refractivity contribution < 1.29 is 23.9 Å². The normalized spacial score (nSPS) is 12.4. The van der Waals surface area contributed by atoms with Crippen molar-refractivity contribution in [2.45, 2.75) is 20.4 Å². The quantitative estimate of drug-likeness (QED) is 0.745. The van der Waals surface area contributed by atoms with E-state index in [1.165, 1.54) is 26.2 Å². The van der Waals surface area contributed by atoms with Crippen LogP contribution in [0, 0.1) is 11.3 Å². The standard InChI is InChI=1S/C20H18N4O5/c1-4-29-18-16(28-3)6-5-13(23-18)10-24-19(26)14-7-12(9-21)8-15(22-11(2)25)17(14)20(24)27/h5-8H,4,10H2,1-3H3,(H,22,25). The Morgan fingerprint density at radius 3 is 2.66 bits per heavy atom. The van der Waals surface area contributed by atoms with Gasteiger partial charge in [-0.1, -0.05) is 0 Å². The average Bonchev–Trinajstić information content (AvgIpc) is 2.93. The molecule has 0 radical (unpaired) electrons. The van der Waals surface area contributed by atoms with Gasteiger partial charge in [-0.3, -0.25) is 19.3 Å². The zero-order valence-electron chi connectivity index (χ0n) is 16.1. The fraction of sp³-hybridized carbons (Fsp3) is 0.250. The predicted molar refractivity (Wildman–Crippen MR) is 102 cm³/mol. The second-order valence-corrected chi connectivity index (χ2v) is 6.18. The number of benzene rings is 1. The van der Waals surface area contributed by atoms with Crippen LogP contribution in [0.2, 0.25) is 0 Å². The molecular formula is C20H18N4O5. The lowest BCUT2D eigenvalue weighted by atomic mass is 10.0. The molecule has 0 unspecified atom stereocenters. The zero-order valence-corrected chi connectivity index (χ0v) is 16.1. The molecule has 0 aliphatic carbocycles. The van der Waals surface area contributed by atoms with E-state index in [2.05, 4.69) is 10.3 Å². The van der Waals surface area contributed by atoms with Crippen LogP contribution in [-0.4, -0.2) is 41.3 Å². The Balaban J connectivity index is 1.98. The first-order chi connectivity index (χ1) is 13.9. The number of fused-ring (bicyclic) bond motifs is 1. The summed E-state index contributed by atoms with van der Waals surface area (Å²) in [6, 6.07) is 7.90. The summed E-state index contributed by atoms with van der Waals surface area (Å²) in [7, 11) is 1.49. The Bertz CT molecular complexity index is 1060. The van der Waals surface area contributed by atoms with Gasteiger partial charge in [0.1, 0.15) is 0 Å². The number of nitrogens with one attached hydrogen (secondary N) is 1. The topological polar surface area (TPSA) is 122 Å². The molecular weight excluding hydrogens is 376 g/mol. The second kappa shape index (κ2) is 7.98. The highest BCUT2D eigenvalue weighted by molar-refractivity contribution is 6.24. The molecule has 29 heavy (non-hydrogen) atoms. The number of imide groups is 1. The molecule has 1 aromatic carbocycles. The third-order valence-electron chi connectivity index (χ3n) is 4.22. The molecule has 3 amide bonds. The molecule has 0 bridgehead atoms. The van der Waals surface area contributed by atoms with Crippen LogP contribution in [0.15, 0.2) is 24.3 Å². The average molecular weight is 394 g/mol. The number of anilines is 1. The Hall–Kier alpha value is -3.93. The molecule has 1 aromatic heterocycles. The third-order valence-corrected chi connectivity index (χ3v) is 4.22. The summed E-state index contributed by atoms with van der Waals surface area (Å²) in [5, 5.41) is 11.7. The zero-order chi connectivity index (χ0) is 21.1. The fourth-order valence-corrected chi connectivity index (χ4v) is 3.02. The largest absolute Gasteiger partial charge is 0.491 e. The maximum atomic E-state index is 12.9.